The van der Waals surface area contributed by atoms with E-state index in [1.165, 1.54) is 11.3 Å². The standard InChI is InChI=1S/C14H20N2O2S/c1-11-2-3-12-10-13(4-5-14(12)15-11)16-6-8-19(17,18)9-7-16/h4-5,10-11,15H,2-3,6-9H2,1H3. The van der Waals surface area contributed by atoms with E-state index in [-0.39, 0.29) is 11.5 Å². The van der Waals surface area contributed by atoms with Crippen molar-refractivity contribution in [2.24, 2.45) is 0 Å². The van der Waals surface area contributed by atoms with Gasteiger partial charge in [0.2, 0.25) is 0 Å². The van der Waals surface area contributed by atoms with Gasteiger partial charge in [0.05, 0.1) is 11.5 Å². The molecule has 3 rings (SSSR count). The van der Waals surface area contributed by atoms with Gasteiger partial charge in [0.25, 0.3) is 0 Å². The van der Waals surface area contributed by atoms with E-state index in [0.29, 0.717) is 19.1 Å². The number of aryl methyl sites for hydroxylation is 1. The first-order chi connectivity index (χ1) is 9.03. The van der Waals surface area contributed by atoms with Crippen LogP contribution in [0.25, 0.3) is 0 Å². The molecular weight excluding hydrogens is 260 g/mol. The first-order valence-electron chi connectivity index (χ1n) is 6.88. The van der Waals surface area contributed by atoms with Crippen molar-refractivity contribution < 1.29 is 8.42 Å². The van der Waals surface area contributed by atoms with Gasteiger partial charge in [-0.25, -0.2) is 8.42 Å². The van der Waals surface area contributed by atoms with Crippen molar-refractivity contribution in [3.63, 3.8) is 0 Å². The summed E-state index contributed by atoms with van der Waals surface area (Å²) in [6.45, 7) is 3.43. The van der Waals surface area contributed by atoms with Crippen molar-refractivity contribution in [2.75, 3.05) is 34.8 Å². The maximum atomic E-state index is 11.5. The molecule has 0 radical (unpaired) electrons. The highest BCUT2D eigenvalue weighted by Crippen LogP contribution is 2.29. The van der Waals surface area contributed by atoms with E-state index in [1.807, 2.05) is 0 Å². The Morgan fingerprint density at radius 3 is 2.74 bits per heavy atom. The summed E-state index contributed by atoms with van der Waals surface area (Å²) in [5.41, 5.74) is 3.74. The van der Waals surface area contributed by atoms with Gasteiger partial charge >= 0.3 is 0 Å². The number of sulfone groups is 1. The summed E-state index contributed by atoms with van der Waals surface area (Å²) in [4.78, 5) is 2.18. The number of hydrogen-bond donors (Lipinski definition) is 1. The molecule has 0 spiro atoms. The van der Waals surface area contributed by atoms with Crippen LogP contribution >= 0.6 is 0 Å². The molecule has 104 valence electrons. The van der Waals surface area contributed by atoms with Gasteiger partial charge in [-0.05, 0) is 43.5 Å². The molecule has 0 aliphatic carbocycles. The topological polar surface area (TPSA) is 49.4 Å². The molecule has 1 aromatic carbocycles. The molecule has 19 heavy (non-hydrogen) atoms. The van der Waals surface area contributed by atoms with Crippen LogP contribution in [0.5, 0.6) is 0 Å². The van der Waals surface area contributed by atoms with Gasteiger partial charge in [-0.15, -0.1) is 0 Å². The van der Waals surface area contributed by atoms with Crippen molar-refractivity contribution >= 4 is 21.2 Å². The lowest BCUT2D eigenvalue weighted by Crippen LogP contribution is -2.40. The van der Waals surface area contributed by atoms with Crippen LogP contribution in [0, 0.1) is 0 Å². The van der Waals surface area contributed by atoms with Gasteiger partial charge in [0.15, 0.2) is 9.84 Å². The molecule has 0 bridgehead atoms. The fraction of sp³-hybridized carbons (Fsp3) is 0.571. The molecule has 2 aliphatic rings. The predicted molar refractivity (Wildman–Crippen MR) is 78.7 cm³/mol. The Kier molecular flexibility index (Phi) is 3.17. The van der Waals surface area contributed by atoms with Gasteiger partial charge in [-0.1, -0.05) is 0 Å². The molecule has 2 heterocycles. The minimum absolute atomic E-state index is 0.277. The molecule has 1 unspecified atom stereocenters. The zero-order valence-electron chi connectivity index (χ0n) is 11.2. The molecule has 1 aromatic rings. The second-order valence-electron chi connectivity index (χ2n) is 5.56. The minimum Gasteiger partial charge on any atom is -0.382 e. The summed E-state index contributed by atoms with van der Waals surface area (Å²) < 4.78 is 22.9. The normalized spacial score (nSPS) is 25.5. The van der Waals surface area contributed by atoms with Gasteiger partial charge < -0.3 is 10.2 Å². The lowest BCUT2D eigenvalue weighted by Gasteiger charge is -2.31. The zero-order valence-corrected chi connectivity index (χ0v) is 12.0. The largest absolute Gasteiger partial charge is 0.382 e. The molecule has 1 N–H and O–H groups in total. The molecule has 2 aliphatic heterocycles. The Morgan fingerprint density at radius 1 is 1.26 bits per heavy atom. The van der Waals surface area contributed by atoms with E-state index < -0.39 is 9.84 Å². The maximum Gasteiger partial charge on any atom is 0.153 e. The molecule has 0 aromatic heterocycles. The molecule has 0 amide bonds. The summed E-state index contributed by atoms with van der Waals surface area (Å²) in [6, 6.07) is 6.98. The molecule has 4 nitrogen and oxygen atoms in total. The van der Waals surface area contributed by atoms with Crippen LogP contribution in [0.4, 0.5) is 11.4 Å². The number of anilines is 2. The van der Waals surface area contributed by atoms with E-state index in [1.54, 1.807) is 0 Å². The molecule has 0 saturated carbocycles. The molecule has 1 saturated heterocycles. The number of benzene rings is 1. The third-order valence-electron chi connectivity index (χ3n) is 4.05. The van der Waals surface area contributed by atoms with Crippen LogP contribution in [0.3, 0.4) is 0 Å². The lowest BCUT2D eigenvalue weighted by molar-refractivity contribution is 0.586. The zero-order chi connectivity index (χ0) is 13.5. The first-order valence-corrected chi connectivity index (χ1v) is 8.70. The summed E-state index contributed by atoms with van der Waals surface area (Å²) >= 11 is 0. The lowest BCUT2D eigenvalue weighted by atomic mass is 9.98. The number of fused-ring (bicyclic) bond motifs is 1. The van der Waals surface area contributed by atoms with Gasteiger partial charge in [0, 0.05) is 30.5 Å². The third-order valence-corrected chi connectivity index (χ3v) is 5.66. The summed E-state index contributed by atoms with van der Waals surface area (Å²) in [5.74, 6) is 0.554. The van der Waals surface area contributed by atoms with E-state index in [2.05, 4.69) is 35.3 Å². The number of nitrogens with one attached hydrogen (secondary N) is 1. The quantitative estimate of drug-likeness (QED) is 0.850. The molecule has 5 heteroatoms. The highest BCUT2D eigenvalue weighted by atomic mass is 32.2. The Balaban J connectivity index is 1.79. The summed E-state index contributed by atoms with van der Waals surface area (Å²) in [6.07, 6.45) is 2.26. The van der Waals surface area contributed by atoms with Gasteiger partial charge in [-0.3, -0.25) is 0 Å². The van der Waals surface area contributed by atoms with Crippen LogP contribution in [0.2, 0.25) is 0 Å². The summed E-state index contributed by atoms with van der Waals surface area (Å²) in [5, 5.41) is 3.49. The smallest absolute Gasteiger partial charge is 0.153 e. The van der Waals surface area contributed by atoms with E-state index >= 15 is 0 Å². The van der Waals surface area contributed by atoms with Crippen LogP contribution < -0.4 is 10.2 Å². The second-order valence-corrected chi connectivity index (χ2v) is 7.87. The monoisotopic (exact) mass is 280 g/mol. The van der Waals surface area contributed by atoms with Gasteiger partial charge in [-0.2, -0.15) is 0 Å². The van der Waals surface area contributed by atoms with Crippen LogP contribution in [0.1, 0.15) is 18.9 Å². The highest BCUT2D eigenvalue weighted by Gasteiger charge is 2.23. The number of rotatable bonds is 1. The van der Waals surface area contributed by atoms with Crippen LogP contribution in [0.15, 0.2) is 18.2 Å². The Hall–Kier alpha value is -1.23. The number of nitrogens with zero attached hydrogens (tertiary/aromatic N) is 1. The van der Waals surface area contributed by atoms with Gasteiger partial charge in [0.1, 0.15) is 0 Å². The molecule has 1 atom stereocenters. The average molecular weight is 280 g/mol. The Bertz CT molecular complexity index is 569. The SMILES string of the molecule is CC1CCc2cc(N3CCS(=O)(=O)CC3)ccc2N1. The third kappa shape index (κ3) is 2.71. The molecule has 1 fully saturated rings. The highest BCUT2D eigenvalue weighted by molar-refractivity contribution is 7.91. The predicted octanol–water partition coefficient (Wildman–Crippen LogP) is 1.67. The Morgan fingerprint density at radius 2 is 2.00 bits per heavy atom. The van der Waals surface area contributed by atoms with Crippen molar-refractivity contribution in [1.82, 2.24) is 0 Å². The van der Waals surface area contributed by atoms with Crippen molar-refractivity contribution in [3.8, 4) is 0 Å². The van der Waals surface area contributed by atoms with Crippen LogP contribution in [-0.4, -0.2) is 39.1 Å². The van der Waals surface area contributed by atoms with Crippen LogP contribution in [-0.2, 0) is 16.3 Å². The van der Waals surface area contributed by atoms with E-state index in [0.717, 1.165) is 18.5 Å². The van der Waals surface area contributed by atoms with Crippen molar-refractivity contribution in [2.45, 2.75) is 25.8 Å². The van der Waals surface area contributed by atoms with E-state index in [9.17, 15) is 8.42 Å². The minimum atomic E-state index is -2.80. The second kappa shape index (κ2) is 4.71. The number of hydrogen-bond acceptors (Lipinski definition) is 4. The maximum absolute atomic E-state index is 11.5. The molecular formula is C14H20N2O2S. The fourth-order valence-corrected chi connectivity index (χ4v) is 4.01. The van der Waals surface area contributed by atoms with Crippen molar-refractivity contribution in [3.05, 3.63) is 23.8 Å². The van der Waals surface area contributed by atoms with Crippen molar-refractivity contribution in [1.29, 1.82) is 0 Å². The summed E-state index contributed by atoms with van der Waals surface area (Å²) in [7, 11) is -2.80. The fourth-order valence-electron chi connectivity index (χ4n) is 2.80. The van der Waals surface area contributed by atoms with E-state index in [4.69, 9.17) is 0 Å². The first kappa shape index (κ1) is 12.8. The Labute approximate surface area is 114 Å². The average Bonchev–Trinajstić information content (AvgIpc) is 2.38.